The SMILES string of the molecule is CC(C)(C)OC(=O)N1CCC(c2cc(F)c(OCc3c(Cl)ncnc3Cl)c([N+](=O)[O-])c2)CC1. The fourth-order valence-electron chi connectivity index (χ4n) is 3.47. The van der Waals surface area contributed by atoms with E-state index in [0.29, 0.717) is 31.5 Å². The average molecular weight is 501 g/mol. The van der Waals surface area contributed by atoms with Gasteiger partial charge in [-0.1, -0.05) is 23.2 Å². The zero-order valence-corrected chi connectivity index (χ0v) is 19.8. The molecule has 1 amide bonds. The van der Waals surface area contributed by atoms with Gasteiger partial charge in [-0.2, -0.15) is 0 Å². The Bertz CT molecular complexity index is 1040. The van der Waals surface area contributed by atoms with Crippen molar-refractivity contribution in [3.05, 3.63) is 55.8 Å². The molecule has 1 aliphatic rings. The second kappa shape index (κ2) is 10.0. The number of carbonyl (C=O) groups is 1. The van der Waals surface area contributed by atoms with Gasteiger partial charge in [0.05, 0.1) is 10.5 Å². The van der Waals surface area contributed by atoms with Crippen LogP contribution in [0.2, 0.25) is 10.3 Å². The number of amides is 1. The molecule has 1 saturated heterocycles. The molecule has 0 unspecified atom stereocenters. The van der Waals surface area contributed by atoms with Gasteiger partial charge in [0.15, 0.2) is 5.82 Å². The van der Waals surface area contributed by atoms with Crippen LogP contribution in [0.15, 0.2) is 18.5 Å². The third-order valence-corrected chi connectivity index (χ3v) is 5.71. The van der Waals surface area contributed by atoms with Crippen LogP contribution in [0.4, 0.5) is 14.9 Å². The summed E-state index contributed by atoms with van der Waals surface area (Å²) in [6.07, 6.45) is 1.77. The summed E-state index contributed by atoms with van der Waals surface area (Å²) in [7, 11) is 0. The number of hydrogen-bond donors (Lipinski definition) is 0. The molecule has 1 aromatic carbocycles. The summed E-state index contributed by atoms with van der Waals surface area (Å²) in [5.74, 6) is -1.55. The van der Waals surface area contributed by atoms with E-state index in [0.717, 1.165) is 6.33 Å². The van der Waals surface area contributed by atoms with Gasteiger partial charge in [0.2, 0.25) is 5.75 Å². The fraction of sp³-hybridized carbons (Fsp3) is 0.476. The van der Waals surface area contributed by atoms with Crippen molar-refractivity contribution in [2.24, 2.45) is 0 Å². The smallest absolute Gasteiger partial charge is 0.410 e. The Balaban J connectivity index is 1.75. The van der Waals surface area contributed by atoms with E-state index in [4.69, 9.17) is 32.7 Å². The van der Waals surface area contributed by atoms with Crippen molar-refractivity contribution in [1.82, 2.24) is 14.9 Å². The highest BCUT2D eigenvalue weighted by atomic mass is 35.5. The lowest BCUT2D eigenvalue weighted by atomic mass is 9.89. The van der Waals surface area contributed by atoms with Crippen molar-refractivity contribution < 1.29 is 23.6 Å². The molecule has 0 atom stereocenters. The summed E-state index contributed by atoms with van der Waals surface area (Å²) in [5, 5.41) is 11.7. The van der Waals surface area contributed by atoms with Crippen molar-refractivity contribution in [3.8, 4) is 5.75 Å². The largest absolute Gasteiger partial charge is 0.480 e. The summed E-state index contributed by atoms with van der Waals surface area (Å²) in [6, 6.07) is 2.53. The van der Waals surface area contributed by atoms with Crippen LogP contribution >= 0.6 is 23.2 Å². The topological polar surface area (TPSA) is 108 Å². The highest BCUT2D eigenvalue weighted by Gasteiger charge is 2.30. The maximum absolute atomic E-state index is 14.9. The molecule has 2 aromatic rings. The molecule has 1 aromatic heterocycles. The third kappa shape index (κ3) is 6.20. The second-order valence-corrected chi connectivity index (χ2v) is 9.29. The fourth-order valence-corrected chi connectivity index (χ4v) is 3.89. The van der Waals surface area contributed by atoms with Gasteiger partial charge in [-0.15, -0.1) is 0 Å². The van der Waals surface area contributed by atoms with Crippen molar-refractivity contribution in [2.45, 2.75) is 51.7 Å². The number of likely N-dealkylation sites (tertiary alicyclic amines) is 1. The number of benzene rings is 1. The van der Waals surface area contributed by atoms with E-state index in [1.807, 2.05) is 0 Å². The van der Waals surface area contributed by atoms with Gasteiger partial charge in [0.1, 0.15) is 28.8 Å². The van der Waals surface area contributed by atoms with Gasteiger partial charge >= 0.3 is 11.8 Å². The maximum atomic E-state index is 14.9. The van der Waals surface area contributed by atoms with E-state index in [2.05, 4.69) is 9.97 Å². The lowest BCUT2D eigenvalue weighted by Crippen LogP contribution is -2.41. The number of nitro benzene ring substituents is 1. The number of hydrogen-bond acceptors (Lipinski definition) is 7. The van der Waals surface area contributed by atoms with E-state index in [9.17, 15) is 19.3 Å². The van der Waals surface area contributed by atoms with Gasteiger partial charge in [0, 0.05) is 19.2 Å². The molecule has 0 spiro atoms. The standard InChI is InChI=1S/C21H23Cl2FN4O5/c1-21(2,3)33-20(29)27-6-4-12(5-7-27)13-8-15(24)17(16(9-13)28(30)31)32-10-14-18(22)25-11-26-19(14)23/h8-9,11-12H,4-7,10H2,1-3H3. The monoisotopic (exact) mass is 500 g/mol. The number of nitrogens with zero attached hydrogens (tertiary/aromatic N) is 4. The van der Waals surface area contributed by atoms with Crippen LogP contribution < -0.4 is 4.74 Å². The number of nitro groups is 1. The molecule has 9 nitrogen and oxygen atoms in total. The molecule has 178 valence electrons. The molecule has 1 fully saturated rings. The Kier molecular flexibility index (Phi) is 7.58. The van der Waals surface area contributed by atoms with Gasteiger partial charge in [-0.05, 0) is 51.2 Å². The van der Waals surface area contributed by atoms with E-state index in [1.54, 1.807) is 25.7 Å². The first-order valence-corrected chi connectivity index (χ1v) is 10.9. The zero-order chi connectivity index (χ0) is 24.3. The summed E-state index contributed by atoms with van der Waals surface area (Å²) in [5.41, 5.74) is -0.459. The van der Waals surface area contributed by atoms with Gasteiger partial charge in [-0.25, -0.2) is 19.2 Å². The Labute approximate surface area is 200 Å². The third-order valence-electron chi connectivity index (χ3n) is 5.06. The quantitative estimate of drug-likeness (QED) is 0.301. The number of piperidine rings is 1. The summed E-state index contributed by atoms with van der Waals surface area (Å²) >= 11 is 11.9. The van der Waals surface area contributed by atoms with Crippen molar-refractivity contribution in [1.29, 1.82) is 0 Å². The lowest BCUT2D eigenvalue weighted by molar-refractivity contribution is -0.386. The molecule has 33 heavy (non-hydrogen) atoms. The first-order chi connectivity index (χ1) is 15.5. The van der Waals surface area contributed by atoms with E-state index in [-0.39, 0.29) is 28.4 Å². The molecule has 0 radical (unpaired) electrons. The first-order valence-electron chi connectivity index (χ1n) is 10.2. The normalized spacial score (nSPS) is 14.8. The van der Waals surface area contributed by atoms with Crippen LogP contribution in [0.5, 0.6) is 5.75 Å². The molecule has 0 aliphatic carbocycles. The van der Waals surface area contributed by atoms with Crippen LogP contribution in [-0.2, 0) is 11.3 Å². The number of halogens is 3. The molecule has 0 bridgehead atoms. The van der Waals surface area contributed by atoms with Crippen molar-refractivity contribution in [3.63, 3.8) is 0 Å². The van der Waals surface area contributed by atoms with Crippen molar-refractivity contribution in [2.75, 3.05) is 13.1 Å². The molecule has 1 aliphatic heterocycles. The molecule has 0 saturated carbocycles. The number of aromatic nitrogens is 2. The molecule has 12 heteroatoms. The van der Waals surface area contributed by atoms with E-state index >= 15 is 0 Å². The summed E-state index contributed by atoms with van der Waals surface area (Å²) in [6.45, 7) is 5.82. The van der Waals surface area contributed by atoms with Crippen LogP contribution in [-0.4, -0.2) is 44.6 Å². The molecular formula is C21H23Cl2FN4O5. The van der Waals surface area contributed by atoms with Crippen molar-refractivity contribution >= 4 is 35.0 Å². The molecule has 3 rings (SSSR count). The second-order valence-electron chi connectivity index (χ2n) is 8.57. The molecular weight excluding hydrogens is 478 g/mol. The summed E-state index contributed by atoms with van der Waals surface area (Å²) < 4.78 is 25.7. The molecule has 0 N–H and O–H groups in total. The Morgan fingerprint density at radius 1 is 1.24 bits per heavy atom. The van der Waals surface area contributed by atoms with Gasteiger partial charge < -0.3 is 14.4 Å². The Morgan fingerprint density at radius 3 is 2.39 bits per heavy atom. The minimum absolute atomic E-state index is 0.00595. The van der Waals surface area contributed by atoms with Gasteiger partial charge in [0.25, 0.3) is 0 Å². The Hall–Kier alpha value is -2.72. The highest BCUT2D eigenvalue weighted by molar-refractivity contribution is 6.34. The van der Waals surface area contributed by atoms with E-state index in [1.165, 1.54) is 12.1 Å². The van der Waals surface area contributed by atoms with Gasteiger partial charge in [-0.3, -0.25) is 10.1 Å². The summed E-state index contributed by atoms with van der Waals surface area (Å²) in [4.78, 5) is 32.3. The van der Waals surface area contributed by atoms with Crippen LogP contribution in [0.25, 0.3) is 0 Å². The minimum Gasteiger partial charge on any atom is -0.480 e. The minimum atomic E-state index is -0.877. The lowest BCUT2D eigenvalue weighted by Gasteiger charge is -2.33. The zero-order valence-electron chi connectivity index (χ0n) is 18.3. The number of ether oxygens (including phenoxy) is 2. The van der Waals surface area contributed by atoms with Crippen LogP contribution in [0, 0.1) is 15.9 Å². The van der Waals surface area contributed by atoms with E-state index < -0.39 is 33.9 Å². The predicted octanol–water partition coefficient (Wildman–Crippen LogP) is 5.52. The maximum Gasteiger partial charge on any atom is 0.410 e. The Morgan fingerprint density at radius 2 is 1.85 bits per heavy atom. The highest BCUT2D eigenvalue weighted by Crippen LogP contribution is 2.38. The number of carbonyl (C=O) groups excluding carboxylic acids is 1. The molecule has 2 heterocycles. The predicted molar refractivity (Wildman–Crippen MR) is 119 cm³/mol. The first kappa shape index (κ1) is 24.9. The van der Waals surface area contributed by atoms with Crippen LogP contribution in [0.3, 0.4) is 0 Å². The average Bonchev–Trinajstić information content (AvgIpc) is 2.72. The number of rotatable bonds is 5. The van der Waals surface area contributed by atoms with Crippen LogP contribution in [0.1, 0.15) is 50.7 Å².